The third kappa shape index (κ3) is 3.97. The number of rotatable bonds is 5. The largest absolute Gasteiger partial charge is 0.487 e. The van der Waals surface area contributed by atoms with E-state index in [0.29, 0.717) is 6.54 Å². The normalized spacial score (nSPS) is 17.2. The third-order valence-electron chi connectivity index (χ3n) is 3.60. The summed E-state index contributed by atoms with van der Waals surface area (Å²) in [6.45, 7) is 10.6. The predicted octanol–water partition coefficient (Wildman–Crippen LogP) is 2.40. The summed E-state index contributed by atoms with van der Waals surface area (Å²) in [5.41, 5.74) is 2.22. The van der Waals surface area contributed by atoms with Gasteiger partial charge in [-0.05, 0) is 40.2 Å². The van der Waals surface area contributed by atoms with Gasteiger partial charge in [-0.1, -0.05) is 18.2 Å². The molecule has 0 spiro atoms. The first kappa shape index (κ1) is 15.8. The van der Waals surface area contributed by atoms with Crippen LogP contribution in [0.4, 0.5) is 0 Å². The van der Waals surface area contributed by atoms with Gasteiger partial charge in [0.25, 0.3) is 0 Å². The molecule has 1 amide bonds. The van der Waals surface area contributed by atoms with E-state index in [1.807, 2.05) is 20.8 Å². The third-order valence-corrected chi connectivity index (χ3v) is 3.60. The number of nitrogens with one attached hydrogen (secondary N) is 2. The molecule has 1 atom stereocenters. The van der Waals surface area contributed by atoms with Gasteiger partial charge in [0.15, 0.2) is 0 Å². The first-order valence-electron chi connectivity index (χ1n) is 7.62. The molecule has 2 N–H and O–H groups in total. The minimum Gasteiger partial charge on any atom is -0.487 e. The first-order valence-corrected chi connectivity index (χ1v) is 7.62. The minimum absolute atomic E-state index is 0.0267. The summed E-state index contributed by atoms with van der Waals surface area (Å²) in [6, 6.07) is 6.16. The molecule has 4 heteroatoms. The molecule has 0 fully saturated rings. The maximum Gasteiger partial charge on any atom is 0.237 e. The van der Waals surface area contributed by atoms with Crippen molar-refractivity contribution in [3.63, 3.8) is 0 Å². The van der Waals surface area contributed by atoms with Gasteiger partial charge in [-0.2, -0.15) is 0 Å². The molecule has 0 saturated heterocycles. The van der Waals surface area contributed by atoms with Crippen molar-refractivity contribution < 1.29 is 9.53 Å². The average molecular weight is 290 g/mol. The zero-order valence-electron chi connectivity index (χ0n) is 13.6. The van der Waals surface area contributed by atoms with Gasteiger partial charge >= 0.3 is 0 Å². The molecule has 1 heterocycles. The maximum absolute atomic E-state index is 11.9. The maximum atomic E-state index is 11.9. The van der Waals surface area contributed by atoms with Crippen LogP contribution in [-0.4, -0.2) is 23.6 Å². The van der Waals surface area contributed by atoms with Crippen LogP contribution in [0.5, 0.6) is 5.75 Å². The van der Waals surface area contributed by atoms with E-state index in [0.717, 1.165) is 17.7 Å². The van der Waals surface area contributed by atoms with Crippen molar-refractivity contribution in [1.82, 2.24) is 10.6 Å². The van der Waals surface area contributed by atoms with Gasteiger partial charge in [-0.15, -0.1) is 0 Å². The fourth-order valence-corrected chi connectivity index (χ4v) is 2.58. The van der Waals surface area contributed by atoms with Crippen LogP contribution in [0.15, 0.2) is 18.2 Å². The summed E-state index contributed by atoms with van der Waals surface area (Å²) in [6.07, 6.45) is 0.930. The highest BCUT2D eigenvalue weighted by Crippen LogP contribution is 2.37. The van der Waals surface area contributed by atoms with Gasteiger partial charge in [-0.3, -0.25) is 4.79 Å². The molecule has 21 heavy (non-hydrogen) atoms. The number of hydrogen-bond donors (Lipinski definition) is 2. The lowest BCUT2D eigenvalue weighted by Crippen LogP contribution is -2.44. The molecule has 0 bridgehead atoms. The van der Waals surface area contributed by atoms with Crippen molar-refractivity contribution in [3.8, 4) is 5.75 Å². The number of amides is 1. The molecule has 1 aromatic rings. The molecule has 0 saturated carbocycles. The van der Waals surface area contributed by atoms with Crippen molar-refractivity contribution >= 4 is 5.91 Å². The van der Waals surface area contributed by atoms with Crippen molar-refractivity contribution in [2.24, 2.45) is 0 Å². The van der Waals surface area contributed by atoms with Crippen LogP contribution in [0.1, 0.15) is 45.7 Å². The van der Waals surface area contributed by atoms with Crippen LogP contribution >= 0.6 is 0 Å². The highest BCUT2D eigenvalue weighted by atomic mass is 16.5. The van der Waals surface area contributed by atoms with E-state index in [4.69, 9.17) is 4.74 Å². The van der Waals surface area contributed by atoms with E-state index in [-0.39, 0.29) is 23.6 Å². The summed E-state index contributed by atoms with van der Waals surface area (Å²) in [5.74, 6) is 1.00. The lowest BCUT2D eigenvalue weighted by atomic mass is 10.0. The number of hydrogen-bond acceptors (Lipinski definition) is 3. The van der Waals surface area contributed by atoms with E-state index >= 15 is 0 Å². The van der Waals surface area contributed by atoms with Crippen LogP contribution in [-0.2, 0) is 17.8 Å². The average Bonchev–Trinajstić information content (AvgIpc) is 2.69. The smallest absolute Gasteiger partial charge is 0.237 e. The summed E-state index contributed by atoms with van der Waals surface area (Å²) < 4.78 is 6.04. The fourth-order valence-electron chi connectivity index (χ4n) is 2.58. The van der Waals surface area contributed by atoms with Gasteiger partial charge in [0.1, 0.15) is 11.4 Å². The van der Waals surface area contributed by atoms with Crippen LogP contribution in [0, 0.1) is 0 Å². The molecule has 1 unspecified atom stereocenters. The lowest BCUT2D eigenvalue weighted by Gasteiger charge is -2.19. The monoisotopic (exact) mass is 290 g/mol. The molecule has 116 valence electrons. The number of benzene rings is 1. The SMILES string of the molecule is CC(C)NC(=O)C(C)NCc1cccc2c1OC(C)(C)C2. The fraction of sp³-hybridized carbons (Fsp3) is 0.588. The van der Waals surface area contributed by atoms with Gasteiger partial charge in [-0.25, -0.2) is 0 Å². The Kier molecular flexibility index (Phi) is 4.57. The molecule has 4 nitrogen and oxygen atoms in total. The Labute approximate surface area is 127 Å². The summed E-state index contributed by atoms with van der Waals surface area (Å²) in [4.78, 5) is 11.9. The van der Waals surface area contributed by atoms with E-state index in [1.54, 1.807) is 0 Å². The van der Waals surface area contributed by atoms with Crippen molar-refractivity contribution in [2.75, 3.05) is 0 Å². The summed E-state index contributed by atoms with van der Waals surface area (Å²) in [5, 5.41) is 6.18. The first-order chi connectivity index (χ1) is 9.78. The topological polar surface area (TPSA) is 50.4 Å². The number of ether oxygens (including phenoxy) is 1. The standard InChI is InChI=1S/C17H26N2O2/c1-11(2)19-16(20)12(3)18-10-14-8-6-7-13-9-17(4,5)21-15(13)14/h6-8,11-12,18H,9-10H2,1-5H3,(H,19,20). The zero-order valence-corrected chi connectivity index (χ0v) is 13.6. The number of para-hydroxylation sites is 1. The number of carbonyl (C=O) groups excluding carboxylic acids is 1. The molecule has 0 aromatic heterocycles. The lowest BCUT2D eigenvalue weighted by molar-refractivity contribution is -0.123. The van der Waals surface area contributed by atoms with Crippen LogP contribution in [0.25, 0.3) is 0 Å². The second-order valence-electron chi connectivity index (χ2n) is 6.71. The minimum atomic E-state index is -0.224. The number of fused-ring (bicyclic) bond motifs is 1. The molecule has 1 aromatic carbocycles. The summed E-state index contributed by atoms with van der Waals surface area (Å²) in [7, 11) is 0. The van der Waals surface area contributed by atoms with E-state index in [9.17, 15) is 4.79 Å². The number of carbonyl (C=O) groups is 1. The van der Waals surface area contributed by atoms with Gasteiger partial charge in [0.2, 0.25) is 5.91 Å². The van der Waals surface area contributed by atoms with Crippen LogP contribution < -0.4 is 15.4 Å². The molecule has 2 rings (SSSR count). The Balaban J connectivity index is 1.99. The van der Waals surface area contributed by atoms with Crippen molar-refractivity contribution in [3.05, 3.63) is 29.3 Å². The van der Waals surface area contributed by atoms with Crippen LogP contribution in [0.2, 0.25) is 0 Å². The van der Waals surface area contributed by atoms with Crippen LogP contribution in [0.3, 0.4) is 0 Å². The second kappa shape index (κ2) is 6.06. The quantitative estimate of drug-likeness (QED) is 0.875. The molecular formula is C17H26N2O2. The molecule has 1 aliphatic heterocycles. The molecular weight excluding hydrogens is 264 g/mol. The highest BCUT2D eigenvalue weighted by Gasteiger charge is 2.31. The van der Waals surface area contributed by atoms with Crippen molar-refractivity contribution in [1.29, 1.82) is 0 Å². The molecule has 0 radical (unpaired) electrons. The van der Waals surface area contributed by atoms with Gasteiger partial charge in [0, 0.05) is 24.6 Å². The van der Waals surface area contributed by atoms with Crippen molar-refractivity contribution in [2.45, 2.75) is 65.3 Å². The highest BCUT2D eigenvalue weighted by molar-refractivity contribution is 5.81. The Hall–Kier alpha value is -1.55. The van der Waals surface area contributed by atoms with Gasteiger partial charge < -0.3 is 15.4 Å². The van der Waals surface area contributed by atoms with Gasteiger partial charge in [0.05, 0.1) is 6.04 Å². The molecule has 0 aliphatic carbocycles. The zero-order chi connectivity index (χ0) is 15.6. The molecule has 1 aliphatic rings. The Morgan fingerprint density at radius 2 is 2.05 bits per heavy atom. The van der Waals surface area contributed by atoms with E-state index in [1.165, 1.54) is 5.56 Å². The Bertz CT molecular complexity index is 524. The van der Waals surface area contributed by atoms with E-state index in [2.05, 4.69) is 42.7 Å². The second-order valence-corrected chi connectivity index (χ2v) is 6.71. The Morgan fingerprint density at radius 3 is 2.71 bits per heavy atom. The predicted molar refractivity (Wildman–Crippen MR) is 84.4 cm³/mol. The summed E-state index contributed by atoms with van der Waals surface area (Å²) >= 11 is 0. The Morgan fingerprint density at radius 1 is 1.33 bits per heavy atom. The van der Waals surface area contributed by atoms with E-state index < -0.39 is 0 Å².